The number of fused-ring (bicyclic) bond motifs is 10. The molecule has 0 unspecified atom stereocenters. The molecular formula is C53H31N3O2. The second-order valence-corrected chi connectivity index (χ2v) is 14.7. The van der Waals surface area contributed by atoms with Gasteiger partial charge in [-0.2, -0.15) is 0 Å². The van der Waals surface area contributed by atoms with E-state index in [0.717, 1.165) is 116 Å². The first kappa shape index (κ1) is 32.4. The van der Waals surface area contributed by atoms with Crippen LogP contribution in [-0.2, 0) is 0 Å². The number of furan rings is 2. The van der Waals surface area contributed by atoms with Crippen LogP contribution in [0.1, 0.15) is 0 Å². The number of nitrogens with zero attached hydrogens (tertiary/aromatic N) is 3. The molecule has 0 aliphatic carbocycles. The SMILES string of the molecule is c1ccc(-c2cc(-c3cccc(-c4ccc5c(c4)oc4c5ccc5c(-c6ccccc6)nc6ccccc6c54)c3)nc(-c3cccc4c3oc3ccccc34)n2)cc1. The van der Waals surface area contributed by atoms with Gasteiger partial charge < -0.3 is 8.83 Å². The van der Waals surface area contributed by atoms with Crippen LogP contribution in [0.2, 0.25) is 0 Å². The van der Waals surface area contributed by atoms with Crippen LogP contribution >= 0.6 is 0 Å². The van der Waals surface area contributed by atoms with Crippen LogP contribution in [0.4, 0.5) is 0 Å². The Morgan fingerprint density at radius 3 is 1.78 bits per heavy atom. The lowest BCUT2D eigenvalue weighted by Crippen LogP contribution is -1.96. The van der Waals surface area contributed by atoms with Crippen molar-refractivity contribution in [2.24, 2.45) is 0 Å². The third-order valence-corrected chi connectivity index (χ3v) is 11.3. The summed E-state index contributed by atoms with van der Waals surface area (Å²) in [6.07, 6.45) is 0. The lowest BCUT2D eigenvalue weighted by molar-refractivity contribution is 0.669. The van der Waals surface area contributed by atoms with Gasteiger partial charge in [-0.05, 0) is 59.7 Å². The zero-order valence-corrected chi connectivity index (χ0v) is 31.1. The molecule has 0 fully saturated rings. The molecule has 58 heavy (non-hydrogen) atoms. The number of para-hydroxylation sites is 3. The summed E-state index contributed by atoms with van der Waals surface area (Å²) in [4.78, 5) is 15.5. The average molecular weight is 742 g/mol. The van der Waals surface area contributed by atoms with Gasteiger partial charge in [-0.3, -0.25) is 0 Å². The van der Waals surface area contributed by atoms with Gasteiger partial charge in [-0.15, -0.1) is 0 Å². The zero-order chi connectivity index (χ0) is 38.2. The molecule has 0 atom stereocenters. The molecule has 0 saturated carbocycles. The summed E-state index contributed by atoms with van der Waals surface area (Å²) in [7, 11) is 0. The summed E-state index contributed by atoms with van der Waals surface area (Å²) in [5.41, 5.74) is 12.9. The second-order valence-electron chi connectivity index (χ2n) is 14.7. The fourth-order valence-electron chi connectivity index (χ4n) is 8.52. The minimum Gasteiger partial charge on any atom is -0.455 e. The summed E-state index contributed by atoms with van der Waals surface area (Å²) in [6.45, 7) is 0. The molecule has 0 bridgehead atoms. The summed E-state index contributed by atoms with van der Waals surface area (Å²) >= 11 is 0. The molecule has 12 rings (SSSR count). The monoisotopic (exact) mass is 741 g/mol. The molecule has 0 spiro atoms. The fraction of sp³-hybridized carbons (Fsp3) is 0. The Balaban J connectivity index is 1.01. The van der Waals surface area contributed by atoms with Crippen molar-refractivity contribution in [1.82, 2.24) is 15.0 Å². The van der Waals surface area contributed by atoms with Crippen LogP contribution in [-0.4, -0.2) is 15.0 Å². The number of benzene rings is 8. The van der Waals surface area contributed by atoms with E-state index < -0.39 is 0 Å². The van der Waals surface area contributed by atoms with Crippen molar-refractivity contribution in [3.63, 3.8) is 0 Å². The van der Waals surface area contributed by atoms with Crippen molar-refractivity contribution < 1.29 is 8.83 Å². The maximum Gasteiger partial charge on any atom is 0.164 e. The first-order valence-electron chi connectivity index (χ1n) is 19.4. The number of aromatic nitrogens is 3. The highest BCUT2D eigenvalue weighted by Gasteiger charge is 2.19. The zero-order valence-electron chi connectivity index (χ0n) is 31.1. The summed E-state index contributed by atoms with van der Waals surface area (Å²) in [6, 6.07) is 64.8. The van der Waals surface area contributed by atoms with Gasteiger partial charge in [-0.25, -0.2) is 15.0 Å². The van der Waals surface area contributed by atoms with E-state index in [1.807, 2.05) is 54.6 Å². The van der Waals surface area contributed by atoms with Gasteiger partial charge in [0.15, 0.2) is 5.82 Å². The van der Waals surface area contributed by atoms with Gasteiger partial charge in [0.05, 0.1) is 28.2 Å². The van der Waals surface area contributed by atoms with E-state index in [1.54, 1.807) is 0 Å². The molecule has 5 nitrogen and oxygen atoms in total. The van der Waals surface area contributed by atoms with Crippen molar-refractivity contribution in [3.8, 4) is 56.3 Å². The van der Waals surface area contributed by atoms with E-state index in [-0.39, 0.29) is 0 Å². The van der Waals surface area contributed by atoms with Crippen LogP contribution < -0.4 is 0 Å². The number of hydrogen-bond acceptors (Lipinski definition) is 5. The first-order valence-corrected chi connectivity index (χ1v) is 19.4. The molecule has 0 saturated heterocycles. The molecule has 4 aromatic heterocycles. The van der Waals surface area contributed by atoms with Crippen LogP contribution in [0, 0.1) is 0 Å². The molecule has 0 aliphatic rings. The number of pyridine rings is 1. The lowest BCUT2D eigenvalue weighted by Gasteiger charge is -2.11. The Hall–Kier alpha value is -7.89. The van der Waals surface area contributed by atoms with E-state index in [1.165, 1.54) is 0 Å². The van der Waals surface area contributed by atoms with Gasteiger partial charge >= 0.3 is 0 Å². The second kappa shape index (κ2) is 12.8. The highest BCUT2D eigenvalue weighted by Crippen LogP contribution is 2.42. The average Bonchev–Trinajstić information content (AvgIpc) is 3.87. The standard InChI is InChI=1S/C53H31N3O2/c1-3-13-32(14-4-1)45-31-46(56-53(55-45)43-22-12-21-39-37-19-8-10-24-47(37)57-51(39)43)36-18-11-17-34(29-36)35-25-26-38-40-27-28-42-49(52(40)58-48(38)30-35)41-20-7-9-23-44(41)54-50(42)33-15-5-2-6-16-33/h1-31H. The lowest BCUT2D eigenvalue weighted by atomic mass is 9.97. The van der Waals surface area contributed by atoms with Gasteiger partial charge in [0, 0.05) is 54.4 Å². The van der Waals surface area contributed by atoms with Crippen molar-refractivity contribution in [1.29, 1.82) is 0 Å². The van der Waals surface area contributed by atoms with Crippen LogP contribution in [0.3, 0.4) is 0 Å². The Kier molecular flexibility index (Phi) is 7.16. The molecule has 12 aromatic rings. The Morgan fingerprint density at radius 1 is 0.328 bits per heavy atom. The van der Waals surface area contributed by atoms with E-state index in [4.69, 9.17) is 23.8 Å². The minimum absolute atomic E-state index is 0.612. The van der Waals surface area contributed by atoms with Crippen LogP contribution in [0.25, 0.3) is 122 Å². The Bertz CT molecular complexity index is 3570. The minimum atomic E-state index is 0.612. The van der Waals surface area contributed by atoms with Crippen molar-refractivity contribution >= 4 is 65.6 Å². The molecule has 0 N–H and O–H groups in total. The smallest absolute Gasteiger partial charge is 0.164 e. The normalized spacial score (nSPS) is 11.8. The van der Waals surface area contributed by atoms with E-state index in [9.17, 15) is 0 Å². The molecule has 0 amide bonds. The summed E-state index contributed by atoms with van der Waals surface area (Å²) < 4.78 is 13.3. The molecular weight excluding hydrogens is 711 g/mol. The van der Waals surface area contributed by atoms with Gasteiger partial charge in [-0.1, -0.05) is 140 Å². The maximum absolute atomic E-state index is 6.87. The van der Waals surface area contributed by atoms with Crippen molar-refractivity contribution in [2.75, 3.05) is 0 Å². The molecule has 8 aromatic carbocycles. The van der Waals surface area contributed by atoms with Gasteiger partial charge in [0.25, 0.3) is 0 Å². The topological polar surface area (TPSA) is 65.0 Å². The van der Waals surface area contributed by atoms with E-state index in [0.29, 0.717) is 5.82 Å². The predicted octanol–water partition coefficient (Wildman–Crippen LogP) is 14.3. The molecule has 4 heterocycles. The summed E-state index contributed by atoms with van der Waals surface area (Å²) in [5.74, 6) is 0.612. The fourth-order valence-corrected chi connectivity index (χ4v) is 8.52. The van der Waals surface area contributed by atoms with Crippen LogP contribution in [0.15, 0.2) is 197 Å². The third-order valence-electron chi connectivity index (χ3n) is 11.3. The third kappa shape index (κ3) is 5.14. The highest BCUT2D eigenvalue weighted by atomic mass is 16.3. The summed E-state index contributed by atoms with van der Waals surface area (Å²) in [5, 5.41) is 7.50. The molecule has 270 valence electrons. The number of hydrogen-bond donors (Lipinski definition) is 0. The van der Waals surface area contributed by atoms with Gasteiger partial charge in [0.2, 0.25) is 0 Å². The van der Waals surface area contributed by atoms with Crippen LogP contribution in [0.5, 0.6) is 0 Å². The molecule has 0 aliphatic heterocycles. The maximum atomic E-state index is 6.87. The Morgan fingerprint density at radius 2 is 0.914 bits per heavy atom. The van der Waals surface area contributed by atoms with E-state index >= 15 is 0 Å². The first-order chi connectivity index (χ1) is 28.7. The predicted molar refractivity (Wildman–Crippen MR) is 237 cm³/mol. The van der Waals surface area contributed by atoms with E-state index in [2.05, 4.69) is 133 Å². The Labute approximate surface area is 332 Å². The quantitative estimate of drug-likeness (QED) is 0.164. The number of rotatable bonds is 5. The van der Waals surface area contributed by atoms with Crippen molar-refractivity contribution in [2.45, 2.75) is 0 Å². The highest BCUT2D eigenvalue weighted by molar-refractivity contribution is 6.24. The van der Waals surface area contributed by atoms with Gasteiger partial charge in [0.1, 0.15) is 22.3 Å². The molecule has 0 radical (unpaired) electrons. The van der Waals surface area contributed by atoms with Crippen molar-refractivity contribution in [3.05, 3.63) is 188 Å². The molecule has 5 heteroatoms. The largest absolute Gasteiger partial charge is 0.455 e.